The number of anilines is 2. The number of hydrogen-bond acceptors (Lipinski definition) is 4. The van der Waals surface area contributed by atoms with Crippen LogP contribution in [-0.4, -0.2) is 33.2 Å². The Hall–Kier alpha value is -2.54. The summed E-state index contributed by atoms with van der Waals surface area (Å²) in [7, 11) is -3.51. The number of sulfonamides is 1. The molecule has 2 aromatic carbocycles. The number of ether oxygens (including phenoxy) is 1. The van der Waals surface area contributed by atoms with E-state index < -0.39 is 16.1 Å². The van der Waals surface area contributed by atoms with E-state index >= 15 is 0 Å². The van der Waals surface area contributed by atoms with Gasteiger partial charge >= 0.3 is 0 Å². The lowest BCUT2D eigenvalue weighted by atomic mass is 10.2. The van der Waals surface area contributed by atoms with Gasteiger partial charge in [-0.15, -0.1) is 0 Å². The molecule has 1 amide bonds. The average molecular weight is 332 g/mol. The Bertz CT molecular complexity index is 821. The van der Waals surface area contributed by atoms with Crippen molar-refractivity contribution in [1.29, 1.82) is 0 Å². The molecule has 1 N–H and O–H groups in total. The van der Waals surface area contributed by atoms with Crippen LogP contribution in [0, 0.1) is 0 Å². The summed E-state index contributed by atoms with van der Waals surface area (Å²) in [4.78, 5) is 12.4. The highest BCUT2D eigenvalue weighted by atomic mass is 32.2. The van der Waals surface area contributed by atoms with Crippen LogP contribution in [0.5, 0.6) is 5.75 Å². The molecule has 1 aliphatic heterocycles. The molecule has 23 heavy (non-hydrogen) atoms. The van der Waals surface area contributed by atoms with E-state index in [1.54, 1.807) is 48.5 Å². The summed E-state index contributed by atoms with van der Waals surface area (Å²) in [6, 6.07) is 15.7. The van der Waals surface area contributed by atoms with Gasteiger partial charge in [0.2, 0.25) is 10.0 Å². The number of fused-ring (bicyclic) bond motifs is 1. The second kappa shape index (κ2) is 5.92. The number of amides is 1. The van der Waals surface area contributed by atoms with Crippen molar-refractivity contribution in [3.8, 4) is 5.75 Å². The molecule has 0 bridgehead atoms. The number of benzene rings is 2. The van der Waals surface area contributed by atoms with E-state index in [9.17, 15) is 13.2 Å². The third kappa shape index (κ3) is 3.29. The molecule has 0 unspecified atom stereocenters. The van der Waals surface area contributed by atoms with E-state index in [1.165, 1.54) is 4.31 Å². The van der Waals surface area contributed by atoms with Gasteiger partial charge in [-0.3, -0.25) is 9.10 Å². The second-order valence-corrected chi connectivity index (χ2v) is 7.13. The van der Waals surface area contributed by atoms with Crippen LogP contribution in [0.4, 0.5) is 11.4 Å². The minimum Gasteiger partial charge on any atom is -0.476 e. The zero-order valence-corrected chi connectivity index (χ0v) is 13.3. The van der Waals surface area contributed by atoms with Gasteiger partial charge in [-0.25, -0.2) is 8.42 Å². The molecule has 0 fully saturated rings. The highest BCUT2D eigenvalue weighted by Gasteiger charge is 2.34. The molecule has 0 radical (unpaired) electrons. The summed E-state index contributed by atoms with van der Waals surface area (Å²) in [6.45, 7) is -0.0610. The average Bonchev–Trinajstić information content (AvgIpc) is 2.54. The lowest BCUT2D eigenvalue weighted by molar-refractivity contribution is -0.122. The Morgan fingerprint density at radius 3 is 2.48 bits per heavy atom. The molecule has 3 rings (SSSR count). The van der Waals surface area contributed by atoms with Crippen LogP contribution in [0.1, 0.15) is 0 Å². The molecule has 1 atom stereocenters. The first-order chi connectivity index (χ1) is 10.9. The lowest BCUT2D eigenvalue weighted by Gasteiger charge is -2.33. The second-order valence-electron chi connectivity index (χ2n) is 5.22. The van der Waals surface area contributed by atoms with E-state index in [-0.39, 0.29) is 12.5 Å². The van der Waals surface area contributed by atoms with E-state index in [2.05, 4.69) is 5.32 Å². The molecule has 7 heteroatoms. The number of hydrogen-bond donors (Lipinski definition) is 1. The highest BCUT2D eigenvalue weighted by Crippen LogP contribution is 2.34. The number of nitrogens with zero attached hydrogens (tertiary/aromatic N) is 1. The number of nitrogens with one attached hydrogen (secondary N) is 1. The van der Waals surface area contributed by atoms with Gasteiger partial charge in [-0.2, -0.15) is 0 Å². The number of rotatable bonds is 3. The fourth-order valence-corrected chi connectivity index (χ4v) is 3.31. The van der Waals surface area contributed by atoms with Gasteiger partial charge < -0.3 is 10.1 Å². The van der Waals surface area contributed by atoms with Crippen molar-refractivity contribution in [2.75, 3.05) is 22.4 Å². The van der Waals surface area contributed by atoms with Crippen LogP contribution in [0.3, 0.4) is 0 Å². The first kappa shape index (κ1) is 15.4. The maximum atomic E-state index is 12.4. The van der Waals surface area contributed by atoms with Crippen molar-refractivity contribution in [2.45, 2.75) is 6.10 Å². The quantitative estimate of drug-likeness (QED) is 0.931. The molecule has 0 saturated carbocycles. The topological polar surface area (TPSA) is 75.7 Å². The van der Waals surface area contributed by atoms with Crippen LogP contribution < -0.4 is 14.4 Å². The SMILES string of the molecule is CS(=O)(=O)N1C[C@@H](C(=O)Nc2ccccc2)Oc2ccccc21. The smallest absolute Gasteiger partial charge is 0.267 e. The fraction of sp³-hybridized carbons (Fsp3) is 0.188. The van der Waals surface area contributed by atoms with Crippen LogP contribution >= 0.6 is 0 Å². The standard InChI is InChI=1S/C16H16N2O4S/c1-23(20,21)18-11-15(22-14-10-6-5-9-13(14)18)16(19)17-12-7-3-2-4-8-12/h2-10,15H,11H2,1H3,(H,17,19)/t15-/m0/s1. The summed E-state index contributed by atoms with van der Waals surface area (Å²) in [5, 5.41) is 2.73. The molecular weight excluding hydrogens is 316 g/mol. The number of carbonyl (C=O) groups is 1. The third-order valence-corrected chi connectivity index (χ3v) is 4.62. The first-order valence-electron chi connectivity index (χ1n) is 7.04. The minimum atomic E-state index is -3.51. The zero-order valence-electron chi connectivity index (χ0n) is 12.5. The van der Waals surface area contributed by atoms with Crippen molar-refractivity contribution < 1.29 is 17.9 Å². The predicted molar refractivity (Wildman–Crippen MR) is 88.1 cm³/mol. The van der Waals surface area contributed by atoms with E-state index in [1.807, 2.05) is 6.07 Å². The van der Waals surface area contributed by atoms with Gasteiger partial charge in [-0.05, 0) is 24.3 Å². The summed E-state index contributed by atoms with van der Waals surface area (Å²) < 4.78 is 30.9. The van der Waals surface area contributed by atoms with Gasteiger partial charge in [0.15, 0.2) is 6.10 Å². The minimum absolute atomic E-state index is 0.0610. The molecule has 6 nitrogen and oxygen atoms in total. The van der Waals surface area contributed by atoms with Gasteiger partial charge in [0.1, 0.15) is 5.75 Å². The summed E-state index contributed by atoms with van der Waals surface area (Å²) in [5.74, 6) is -0.0169. The Morgan fingerprint density at radius 1 is 1.13 bits per heavy atom. The molecule has 0 aromatic heterocycles. The van der Waals surface area contributed by atoms with Gasteiger partial charge in [-0.1, -0.05) is 30.3 Å². The Morgan fingerprint density at radius 2 is 1.78 bits per heavy atom. The first-order valence-corrected chi connectivity index (χ1v) is 8.89. The van der Waals surface area contributed by atoms with E-state index in [0.717, 1.165) is 6.26 Å². The number of para-hydroxylation sites is 3. The molecule has 1 aliphatic rings. The van der Waals surface area contributed by atoms with Crippen LogP contribution in [0.15, 0.2) is 54.6 Å². The predicted octanol–water partition coefficient (Wildman–Crippen LogP) is 1.85. The van der Waals surface area contributed by atoms with Gasteiger partial charge in [0.05, 0.1) is 18.5 Å². The Labute approximate surface area is 134 Å². The van der Waals surface area contributed by atoms with Crippen LogP contribution in [0.2, 0.25) is 0 Å². The van der Waals surface area contributed by atoms with Crippen molar-refractivity contribution in [3.63, 3.8) is 0 Å². The summed E-state index contributed by atoms with van der Waals surface area (Å²) in [6.07, 6.45) is 0.196. The van der Waals surface area contributed by atoms with Crippen molar-refractivity contribution >= 4 is 27.3 Å². The van der Waals surface area contributed by atoms with Crippen molar-refractivity contribution in [2.24, 2.45) is 0 Å². The monoisotopic (exact) mass is 332 g/mol. The third-order valence-electron chi connectivity index (χ3n) is 3.47. The van der Waals surface area contributed by atoms with E-state index in [4.69, 9.17) is 4.74 Å². The molecule has 1 heterocycles. The maximum Gasteiger partial charge on any atom is 0.267 e. The summed E-state index contributed by atoms with van der Waals surface area (Å²) in [5.41, 5.74) is 1.07. The molecular formula is C16H16N2O4S. The zero-order chi connectivity index (χ0) is 16.4. The molecule has 0 aliphatic carbocycles. The Kier molecular flexibility index (Phi) is 3.96. The van der Waals surface area contributed by atoms with Crippen molar-refractivity contribution in [3.05, 3.63) is 54.6 Å². The largest absolute Gasteiger partial charge is 0.476 e. The van der Waals surface area contributed by atoms with Crippen LogP contribution in [-0.2, 0) is 14.8 Å². The Balaban J connectivity index is 1.87. The molecule has 0 saturated heterocycles. The lowest BCUT2D eigenvalue weighted by Crippen LogP contribution is -2.48. The normalized spacial score (nSPS) is 17.1. The van der Waals surface area contributed by atoms with E-state index in [0.29, 0.717) is 17.1 Å². The van der Waals surface area contributed by atoms with Gasteiger partial charge in [0, 0.05) is 5.69 Å². The fourth-order valence-electron chi connectivity index (χ4n) is 2.40. The molecule has 0 spiro atoms. The van der Waals surface area contributed by atoms with Crippen LogP contribution in [0.25, 0.3) is 0 Å². The number of carbonyl (C=O) groups excluding carboxylic acids is 1. The highest BCUT2D eigenvalue weighted by molar-refractivity contribution is 7.92. The van der Waals surface area contributed by atoms with Crippen molar-refractivity contribution in [1.82, 2.24) is 0 Å². The summed E-state index contributed by atoms with van der Waals surface area (Å²) >= 11 is 0. The maximum absolute atomic E-state index is 12.4. The van der Waals surface area contributed by atoms with Gasteiger partial charge in [0.25, 0.3) is 5.91 Å². The molecule has 2 aromatic rings. The molecule has 120 valence electrons.